The lowest BCUT2D eigenvalue weighted by molar-refractivity contribution is 0.0698. The molecule has 2 rings (SSSR count). The summed E-state index contributed by atoms with van der Waals surface area (Å²) < 4.78 is 9.51. The van der Waals surface area contributed by atoms with Crippen molar-refractivity contribution in [2.75, 3.05) is 12.4 Å². The summed E-state index contributed by atoms with van der Waals surface area (Å²) in [5, 5.41) is 17.5. The number of benzene rings is 1. The predicted molar refractivity (Wildman–Crippen MR) is 70.1 cm³/mol. The molecule has 0 aliphatic carbocycles. The van der Waals surface area contributed by atoms with E-state index in [1.807, 2.05) is 0 Å². The molecule has 0 aliphatic heterocycles. The van der Waals surface area contributed by atoms with Crippen molar-refractivity contribution in [1.29, 1.82) is 0 Å². The van der Waals surface area contributed by atoms with E-state index in [4.69, 9.17) is 9.84 Å². The van der Waals surface area contributed by atoms with Gasteiger partial charge in [-0.3, -0.25) is 0 Å². The van der Waals surface area contributed by atoms with Gasteiger partial charge < -0.3 is 25.0 Å². The van der Waals surface area contributed by atoms with Gasteiger partial charge in [0.05, 0.1) is 24.9 Å². The Kier molecular flexibility index (Phi) is 4.34. The minimum absolute atomic E-state index is 0.0503. The van der Waals surface area contributed by atoms with E-state index >= 15 is 0 Å². The highest BCUT2D eigenvalue weighted by Crippen LogP contribution is 2.22. The average Bonchev–Trinajstić information content (AvgIpc) is 2.98. The standard InChI is InChI=1S/C12H12N4O5/c1-20-7-2-3-8(11(17)18)9(4-7)15-12(19)13-5-10-14-6-21-16-10/h2-4,6H,5H2,1H3,(H,17,18)(H2,13,15,19). The van der Waals surface area contributed by atoms with Gasteiger partial charge in [-0.1, -0.05) is 5.16 Å². The molecule has 2 amide bonds. The van der Waals surface area contributed by atoms with Crippen molar-refractivity contribution in [2.24, 2.45) is 0 Å². The number of aromatic nitrogens is 2. The van der Waals surface area contributed by atoms with Crippen LogP contribution >= 0.6 is 0 Å². The zero-order chi connectivity index (χ0) is 15.2. The lowest BCUT2D eigenvalue weighted by atomic mass is 10.1. The molecule has 0 spiro atoms. The number of nitrogens with one attached hydrogen (secondary N) is 2. The molecule has 0 atom stereocenters. The number of carboxylic acid groups (broad SMARTS) is 1. The predicted octanol–water partition coefficient (Wildman–Crippen LogP) is 1.10. The SMILES string of the molecule is COc1ccc(C(=O)O)c(NC(=O)NCc2ncon2)c1. The van der Waals surface area contributed by atoms with Crippen LogP contribution in [-0.4, -0.2) is 34.4 Å². The van der Waals surface area contributed by atoms with Crippen LogP contribution in [0.1, 0.15) is 16.2 Å². The molecule has 9 nitrogen and oxygen atoms in total. The highest BCUT2D eigenvalue weighted by Gasteiger charge is 2.13. The third-order valence-corrected chi connectivity index (χ3v) is 2.52. The minimum atomic E-state index is -1.16. The van der Waals surface area contributed by atoms with Gasteiger partial charge in [-0.2, -0.15) is 4.98 Å². The number of carbonyl (C=O) groups is 2. The topological polar surface area (TPSA) is 127 Å². The van der Waals surface area contributed by atoms with Crippen molar-refractivity contribution in [3.8, 4) is 5.75 Å². The fraction of sp³-hybridized carbons (Fsp3) is 0.167. The molecule has 0 fully saturated rings. The number of nitrogens with zero attached hydrogens (tertiary/aromatic N) is 2. The van der Waals surface area contributed by atoms with E-state index in [1.54, 1.807) is 0 Å². The number of amides is 2. The Hall–Kier alpha value is -3.10. The van der Waals surface area contributed by atoms with Gasteiger partial charge in [0.15, 0.2) is 5.82 Å². The first-order valence-electron chi connectivity index (χ1n) is 5.81. The van der Waals surface area contributed by atoms with E-state index in [9.17, 15) is 9.59 Å². The first-order valence-corrected chi connectivity index (χ1v) is 5.81. The molecule has 21 heavy (non-hydrogen) atoms. The molecule has 2 aromatic rings. The van der Waals surface area contributed by atoms with E-state index in [-0.39, 0.29) is 17.8 Å². The Morgan fingerprint density at radius 3 is 2.86 bits per heavy atom. The molecule has 0 unspecified atom stereocenters. The summed E-state index contributed by atoms with van der Waals surface area (Å²) >= 11 is 0. The van der Waals surface area contributed by atoms with Gasteiger partial charge in [0.25, 0.3) is 0 Å². The largest absolute Gasteiger partial charge is 0.497 e. The van der Waals surface area contributed by atoms with Crippen molar-refractivity contribution in [3.05, 3.63) is 36.0 Å². The number of aromatic carboxylic acids is 1. The Morgan fingerprint density at radius 2 is 2.24 bits per heavy atom. The highest BCUT2D eigenvalue weighted by atomic mass is 16.5. The molecule has 0 aliphatic rings. The second kappa shape index (κ2) is 6.37. The van der Waals surface area contributed by atoms with Gasteiger partial charge in [0, 0.05) is 6.07 Å². The van der Waals surface area contributed by atoms with Crippen LogP contribution < -0.4 is 15.4 Å². The molecule has 1 heterocycles. The molecule has 3 N–H and O–H groups in total. The Bertz CT molecular complexity index is 641. The van der Waals surface area contributed by atoms with Crippen molar-refractivity contribution in [2.45, 2.75) is 6.54 Å². The van der Waals surface area contributed by atoms with Gasteiger partial charge >= 0.3 is 12.0 Å². The van der Waals surface area contributed by atoms with Crippen LogP contribution in [0.5, 0.6) is 5.75 Å². The molecule has 1 aromatic heterocycles. The zero-order valence-corrected chi connectivity index (χ0v) is 11.0. The fourth-order valence-corrected chi connectivity index (χ4v) is 1.54. The number of rotatable bonds is 5. The summed E-state index contributed by atoms with van der Waals surface area (Å²) in [5.74, 6) is -0.436. The average molecular weight is 292 g/mol. The summed E-state index contributed by atoms with van der Waals surface area (Å²) in [7, 11) is 1.44. The van der Waals surface area contributed by atoms with Gasteiger partial charge in [-0.05, 0) is 12.1 Å². The maximum absolute atomic E-state index is 11.7. The normalized spacial score (nSPS) is 9.95. The Labute approximate surface area is 118 Å². The molecule has 0 radical (unpaired) electrons. The third kappa shape index (κ3) is 3.69. The Morgan fingerprint density at radius 1 is 1.43 bits per heavy atom. The van der Waals surface area contributed by atoms with Crippen LogP contribution in [0.2, 0.25) is 0 Å². The smallest absolute Gasteiger partial charge is 0.337 e. The summed E-state index contributed by atoms with van der Waals surface area (Å²) in [4.78, 5) is 26.6. The Balaban J connectivity index is 2.06. The number of carbonyl (C=O) groups excluding carboxylic acids is 1. The number of urea groups is 1. The summed E-state index contributed by atoms with van der Waals surface area (Å²) in [6.07, 6.45) is 1.14. The van der Waals surface area contributed by atoms with Crippen molar-refractivity contribution in [3.63, 3.8) is 0 Å². The molecular weight excluding hydrogens is 280 g/mol. The second-order valence-electron chi connectivity index (χ2n) is 3.87. The van der Waals surface area contributed by atoms with Crippen LogP contribution in [0.15, 0.2) is 29.1 Å². The molecule has 1 aromatic carbocycles. The van der Waals surface area contributed by atoms with Crippen LogP contribution in [0.3, 0.4) is 0 Å². The van der Waals surface area contributed by atoms with Crippen LogP contribution in [-0.2, 0) is 6.54 Å². The molecule has 9 heteroatoms. The second-order valence-corrected chi connectivity index (χ2v) is 3.87. The number of ether oxygens (including phenoxy) is 1. The van der Waals surface area contributed by atoms with Gasteiger partial charge in [0.2, 0.25) is 6.39 Å². The number of carboxylic acids is 1. The number of hydrogen-bond donors (Lipinski definition) is 3. The lowest BCUT2D eigenvalue weighted by Crippen LogP contribution is -2.29. The van der Waals surface area contributed by atoms with Gasteiger partial charge in [0.1, 0.15) is 5.75 Å². The van der Waals surface area contributed by atoms with Crippen LogP contribution in [0.25, 0.3) is 0 Å². The first kappa shape index (κ1) is 14.3. The van der Waals surface area contributed by atoms with Crippen molar-refractivity contribution >= 4 is 17.7 Å². The molecule has 0 saturated carbocycles. The first-order chi connectivity index (χ1) is 10.1. The van der Waals surface area contributed by atoms with E-state index in [0.29, 0.717) is 11.6 Å². The van der Waals surface area contributed by atoms with E-state index in [0.717, 1.165) is 6.39 Å². The van der Waals surface area contributed by atoms with E-state index in [1.165, 1.54) is 25.3 Å². The van der Waals surface area contributed by atoms with Crippen molar-refractivity contribution < 1.29 is 24.0 Å². The van der Waals surface area contributed by atoms with Crippen LogP contribution in [0.4, 0.5) is 10.5 Å². The number of anilines is 1. The maximum atomic E-state index is 11.7. The summed E-state index contributed by atoms with van der Waals surface area (Å²) in [6, 6.07) is 3.65. The molecule has 0 saturated heterocycles. The number of methoxy groups -OCH3 is 1. The highest BCUT2D eigenvalue weighted by molar-refractivity contribution is 6.00. The maximum Gasteiger partial charge on any atom is 0.337 e. The third-order valence-electron chi connectivity index (χ3n) is 2.52. The fourth-order valence-electron chi connectivity index (χ4n) is 1.54. The zero-order valence-electron chi connectivity index (χ0n) is 11.0. The molecule has 110 valence electrons. The van der Waals surface area contributed by atoms with E-state index in [2.05, 4.69) is 25.3 Å². The molecule has 0 bridgehead atoms. The molecular formula is C12H12N4O5. The quantitative estimate of drug-likeness (QED) is 0.753. The summed E-state index contributed by atoms with van der Waals surface area (Å²) in [6.45, 7) is 0.0503. The summed E-state index contributed by atoms with van der Waals surface area (Å²) in [5.41, 5.74) is 0.0676. The monoisotopic (exact) mass is 292 g/mol. The van der Waals surface area contributed by atoms with Gasteiger partial charge in [-0.25, -0.2) is 9.59 Å². The number of hydrogen-bond acceptors (Lipinski definition) is 6. The van der Waals surface area contributed by atoms with Crippen molar-refractivity contribution in [1.82, 2.24) is 15.5 Å². The lowest BCUT2D eigenvalue weighted by Gasteiger charge is -2.10. The van der Waals surface area contributed by atoms with E-state index < -0.39 is 12.0 Å². The van der Waals surface area contributed by atoms with Crippen LogP contribution in [0, 0.1) is 0 Å². The minimum Gasteiger partial charge on any atom is -0.497 e. The van der Waals surface area contributed by atoms with Gasteiger partial charge in [-0.15, -0.1) is 0 Å².